The highest BCUT2D eigenvalue weighted by Crippen LogP contribution is 1.99. The monoisotopic (exact) mass is 227 g/mol. The van der Waals surface area contributed by atoms with E-state index in [0.717, 1.165) is 12.8 Å². The lowest BCUT2D eigenvalue weighted by molar-refractivity contribution is -0.143. The number of hydrogen-bond donors (Lipinski definition) is 1. The fourth-order valence-electron chi connectivity index (χ4n) is 1.15. The van der Waals surface area contributed by atoms with E-state index in [2.05, 4.69) is 18.8 Å². The molecule has 92 valence electrons. The van der Waals surface area contributed by atoms with Crippen LogP contribution in [-0.4, -0.2) is 25.0 Å². The average molecular weight is 227 g/mol. The molecule has 0 unspecified atom stereocenters. The van der Waals surface area contributed by atoms with Gasteiger partial charge in [-0.3, -0.25) is 9.59 Å². The number of amides is 1. The van der Waals surface area contributed by atoms with Crippen LogP contribution in [0.15, 0.2) is 12.7 Å². The molecule has 0 fully saturated rings. The number of rotatable bonds is 9. The molecule has 1 N–H and O–H groups in total. The highest BCUT2D eigenvalue weighted by molar-refractivity contribution is 5.87. The van der Waals surface area contributed by atoms with Crippen molar-refractivity contribution >= 4 is 11.9 Å². The number of carbonyl (C=O) groups excluding carboxylic acids is 2. The SMILES string of the molecule is C=CC(=O)NCCC(=O)OCCCCCC. The second-order valence-electron chi connectivity index (χ2n) is 3.53. The number of carbonyl (C=O) groups is 2. The largest absolute Gasteiger partial charge is 0.466 e. The molecule has 0 aromatic carbocycles. The van der Waals surface area contributed by atoms with E-state index < -0.39 is 0 Å². The normalized spacial score (nSPS) is 9.56. The van der Waals surface area contributed by atoms with Gasteiger partial charge >= 0.3 is 5.97 Å². The van der Waals surface area contributed by atoms with E-state index in [1.54, 1.807) is 0 Å². The molecule has 0 radical (unpaired) electrons. The van der Waals surface area contributed by atoms with Gasteiger partial charge in [-0.15, -0.1) is 0 Å². The zero-order valence-corrected chi connectivity index (χ0v) is 9.96. The minimum Gasteiger partial charge on any atom is -0.466 e. The van der Waals surface area contributed by atoms with Crippen LogP contribution in [0.25, 0.3) is 0 Å². The van der Waals surface area contributed by atoms with Crippen molar-refractivity contribution in [2.75, 3.05) is 13.2 Å². The minimum atomic E-state index is -0.268. The van der Waals surface area contributed by atoms with Crippen molar-refractivity contribution in [3.63, 3.8) is 0 Å². The Morgan fingerprint density at radius 1 is 1.31 bits per heavy atom. The minimum absolute atomic E-state index is 0.216. The van der Waals surface area contributed by atoms with Crippen LogP contribution in [0.1, 0.15) is 39.0 Å². The second-order valence-corrected chi connectivity index (χ2v) is 3.53. The molecular formula is C12H21NO3. The summed E-state index contributed by atoms with van der Waals surface area (Å²) in [5, 5.41) is 2.52. The van der Waals surface area contributed by atoms with Gasteiger partial charge in [0, 0.05) is 6.54 Å². The molecular weight excluding hydrogens is 206 g/mol. The third kappa shape index (κ3) is 9.24. The Morgan fingerprint density at radius 2 is 2.06 bits per heavy atom. The van der Waals surface area contributed by atoms with E-state index in [-0.39, 0.29) is 18.3 Å². The maximum Gasteiger partial charge on any atom is 0.307 e. The van der Waals surface area contributed by atoms with Gasteiger partial charge in [0.15, 0.2) is 0 Å². The number of hydrogen-bond acceptors (Lipinski definition) is 3. The predicted octanol–water partition coefficient (Wildman–Crippen LogP) is 1.80. The van der Waals surface area contributed by atoms with Crippen molar-refractivity contribution in [2.45, 2.75) is 39.0 Å². The summed E-state index contributed by atoms with van der Waals surface area (Å²) in [6, 6.07) is 0. The molecule has 0 spiro atoms. The molecule has 0 bridgehead atoms. The molecule has 0 saturated carbocycles. The Bertz CT molecular complexity index is 226. The summed E-state index contributed by atoms with van der Waals surface area (Å²) in [4.78, 5) is 21.9. The summed E-state index contributed by atoms with van der Waals surface area (Å²) in [6.45, 7) is 6.23. The number of unbranched alkanes of at least 4 members (excludes halogenated alkanes) is 3. The van der Waals surface area contributed by atoms with Crippen LogP contribution in [0.5, 0.6) is 0 Å². The van der Waals surface area contributed by atoms with Gasteiger partial charge in [-0.05, 0) is 12.5 Å². The van der Waals surface area contributed by atoms with Gasteiger partial charge in [-0.1, -0.05) is 32.8 Å². The zero-order valence-electron chi connectivity index (χ0n) is 9.96. The first-order chi connectivity index (χ1) is 7.70. The van der Waals surface area contributed by atoms with Gasteiger partial charge in [0.2, 0.25) is 5.91 Å². The molecule has 0 saturated heterocycles. The first-order valence-corrected chi connectivity index (χ1v) is 5.76. The van der Waals surface area contributed by atoms with Crippen LogP contribution >= 0.6 is 0 Å². The third-order valence-corrected chi connectivity index (χ3v) is 2.07. The summed E-state index contributed by atoms with van der Waals surface area (Å²) in [5.41, 5.74) is 0. The first-order valence-electron chi connectivity index (χ1n) is 5.76. The van der Waals surface area contributed by atoms with Crippen molar-refractivity contribution in [1.29, 1.82) is 0 Å². The third-order valence-electron chi connectivity index (χ3n) is 2.07. The Hall–Kier alpha value is -1.32. The molecule has 4 heteroatoms. The fourth-order valence-corrected chi connectivity index (χ4v) is 1.15. The summed E-state index contributed by atoms with van der Waals surface area (Å²) in [6.07, 6.45) is 5.74. The zero-order chi connectivity index (χ0) is 12.2. The number of ether oxygens (including phenoxy) is 1. The molecule has 0 aliphatic carbocycles. The standard InChI is InChI=1S/C12H21NO3/c1-3-5-6-7-10-16-12(15)8-9-13-11(14)4-2/h4H,2-3,5-10H2,1H3,(H,13,14). The molecule has 0 aliphatic heterocycles. The average Bonchev–Trinajstić information content (AvgIpc) is 2.28. The first kappa shape index (κ1) is 14.7. The van der Waals surface area contributed by atoms with Gasteiger partial charge < -0.3 is 10.1 Å². The van der Waals surface area contributed by atoms with Crippen molar-refractivity contribution < 1.29 is 14.3 Å². The summed E-state index contributed by atoms with van der Waals surface area (Å²) < 4.78 is 4.99. The van der Waals surface area contributed by atoms with Crippen LogP contribution in [0.2, 0.25) is 0 Å². The molecule has 0 aliphatic rings. The highest BCUT2D eigenvalue weighted by Gasteiger charge is 2.02. The quantitative estimate of drug-likeness (QED) is 0.371. The molecule has 0 aromatic rings. The van der Waals surface area contributed by atoms with Gasteiger partial charge in [-0.25, -0.2) is 0 Å². The lowest BCUT2D eigenvalue weighted by atomic mass is 10.2. The van der Waals surface area contributed by atoms with Crippen molar-refractivity contribution in [2.24, 2.45) is 0 Å². The summed E-state index contributed by atoms with van der Waals surface area (Å²) in [7, 11) is 0. The van der Waals surface area contributed by atoms with E-state index in [9.17, 15) is 9.59 Å². The topological polar surface area (TPSA) is 55.4 Å². The molecule has 0 heterocycles. The maximum atomic E-state index is 11.1. The summed E-state index contributed by atoms with van der Waals surface area (Å²) >= 11 is 0. The van der Waals surface area contributed by atoms with E-state index in [0.29, 0.717) is 13.2 Å². The van der Waals surface area contributed by atoms with Crippen molar-refractivity contribution in [3.05, 3.63) is 12.7 Å². The second kappa shape index (κ2) is 10.2. The Labute approximate surface area is 97.1 Å². The smallest absolute Gasteiger partial charge is 0.307 e. The molecule has 0 atom stereocenters. The fraction of sp³-hybridized carbons (Fsp3) is 0.667. The van der Waals surface area contributed by atoms with Crippen molar-refractivity contribution in [1.82, 2.24) is 5.32 Å². The van der Waals surface area contributed by atoms with Gasteiger partial charge in [-0.2, -0.15) is 0 Å². The Morgan fingerprint density at radius 3 is 2.69 bits per heavy atom. The van der Waals surface area contributed by atoms with Crippen LogP contribution in [-0.2, 0) is 14.3 Å². The molecule has 4 nitrogen and oxygen atoms in total. The summed E-state index contributed by atoms with van der Waals surface area (Å²) in [5.74, 6) is -0.531. The lowest BCUT2D eigenvalue weighted by Crippen LogP contribution is -2.24. The van der Waals surface area contributed by atoms with Crippen molar-refractivity contribution in [3.8, 4) is 0 Å². The molecule has 1 amide bonds. The van der Waals surface area contributed by atoms with E-state index >= 15 is 0 Å². The Balaban J connectivity index is 3.31. The highest BCUT2D eigenvalue weighted by atomic mass is 16.5. The van der Waals surface area contributed by atoms with Crippen LogP contribution in [0.3, 0.4) is 0 Å². The van der Waals surface area contributed by atoms with E-state index in [1.165, 1.54) is 18.9 Å². The van der Waals surface area contributed by atoms with Gasteiger partial charge in [0.05, 0.1) is 13.0 Å². The lowest BCUT2D eigenvalue weighted by Gasteiger charge is -2.04. The van der Waals surface area contributed by atoms with E-state index in [4.69, 9.17) is 4.74 Å². The van der Waals surface area contributed by atoms with Crippen LogP contribution < -0.4 is 5.32 Å². The van der Waals surface area contributed by atoms with Gasteiger partial charge in [0.1, 0.15) is 0 Å². The van der Waals surface area contributed by atoms with Crippen LogP contribution in [0, 0.1) is 0 Å². The van der Waals surface area contributed by atoms with Crippen LogP contribution in [0.4, 0.5) is 0 Å². The molecule has 0 rings (SSSR count). The Kier molecular flexibility index (Phi) is 9.36. The number of esters is 1. The predicted molar refractivity (Wildman–Crippen MR) is 62.9 cm³/mol. The van der Waals surface area contributed by atoms with Gasteiger partial charge in [0.25, 0.3) is 0 Å². The maximum absolute atomic E-state index is 11.1. The molecule has 0 aromatic heterocycles. The number of nitrogens with one attached hydrogen (secondary N) is 1. The molecule has 16 heavy (non-hydrogen) atoms. The van der Waals surface area contributed by atoms with E-state index in [1.807, 2.05) is 0 Å².